The van der Waals surface area contributed by atoms with Crippen LogP contribution in [0.25, 0.3) is 0 Å². The Kier molecular flexibility index (Phi) is 5.23. The van der Waals surface area contributed by atoms with Crippen LogP contribution in [-0.4, -0.2) is 29.4 Å². The second-order valence-corrected chi connectivity index (χ2v) is 4.00. The first kappa shape index (κ1) is 13.0. The maximum absolute atomic E-state index is 11.2. The molecule has 1 amide bonds. The first-order chi connectivity index (χ1) is 6.39. The van der Waals surface area contributed by atoms with E-state index in [2.05, 4.69) is 11.9 Å². The van der Waals surface area contributed by atoms with E-state index in [1.807, 2.05) is 0 Å². The van der Waals surface area contributed by atoms with Gasteiger partial charge in [0, 0.05) is 6.61 Å². The van der Waals surface area contributed by atoms with Gasteiger partial charge in [-0.15, -0.1) is 6.58 Å². The lowest BCUT2D eigenvalue weighted by molar-refractivity contribution is 0.0509. The molecule has 0 aromatic heterocycles. The van der Waals surface area contributed by atoms with Crippen molar-refractivity contribution in [2.24, 2.45) is 0 Å². The van der Waals surface area contributed by atoms with Crippen LogP contribution in [0.5, 0.6) is 0 Å². The van der Waals surface area contributed by atoms with E-state index < -0.39 is 11.7 Å². The zero-order chi connectivity index (χ0) is 11.2. The maximum atomic E-state index is 11.2. The molecule has 0 fully saturated rings. The lowest BCUT2D eigenvalue weighted by Gasteiger charge is -2.21. The van der Waals surface area contributed by atoms with Crippen LogP contribution in [0.15, 0.2) is 12.7 Å². The molecule has 0 aliphatic carbocycles. The largest absolute Gasteiger partial charge is 0.444 e. The van der Waals surface area contributed by atoms with Crippen molar-refractivity contribution in [1.29, 1.82) is 0 Å². The van der Waals surface area contributed by atoms with Crippen LogP contribution < -0.4 is 5.32 Å². The molecule has 0 rings (SSSR count). The van der Waals surface area contributed by atoms with Gasteiger partial charge in [-0.1, -0.05) is 6.08 Å². The van der Waals surface area contributed by atoms with Crippen LogP contribution in [0, 0.1) is 0 Å². The quantitative estimate of drug-likeness (QED) is 0.677. The van der Waals surface area contributed by atoms with Crippen molar-refractivity contribution in [3.05, 3.63) is 12.7 Å². The molecule has 0 spiro atoms. The molecule has 0 radical (unpaired) electrons. The summed E-state index contributed by atoms with van der Waals surface area (Å²) in [6.07, 6.45) is 1.53. The molecule has 0 saturated heterocycles. The van der Waals surface area contributed by atoms with Crippen molar-refractivity contribution in [3.8, 4) is 0 Å². The van der Waals surface area contributed by atoms with Gasteiger partial charge in [0.05, 0.1) is 6.04 Å². The van der Waals surface area contributed by atoms with Crippen LogP contribution in [0.3, 0.4) is 0 Å². The Bertz CT molecular complexity index is 196. The Labute approximate surface area is 85.0 Å². The summed E-state index contributed by atoms with van der Waals surface area (Å²) in [5.74, 6) is 0. The number of ether oxygens (including phenoxy) is 1. The lowest BCUT2D eigenvalue weighted by Crippen LogP contribution is -2.38. The summed E-state index contributed by atoms with van der Waals surface area (Å²) in [5, 5.41) is 11.3. The molecule has 4 nitrogen and oxygen atoms in total. The van der Waals surface area contributed by atoms with Gasteiger partial charge in [0.15, 0.2) is 0 Å². The van der Waals surface area contributed by atoms with Crippen LogP contribution in [0.1, 0.15) is 27.2 Å². The van der Waals surface area contributed by atoms with Gasteiger partial charge in [-0.05, 0) is 27.2 Å². The summed E-state index contributed by atoms with van der Waals surface area (Å²) >= 11 is 0. The van der Waals surface area contributed by atoms with Crippen LogP contribution in [-0.2, 0) is 4.74 Å². The normalized spacial score (nSPS) is 13.1. The minimum atomic E-state index is -0.505. The number of aliphatic hydroxyl groups is 1. The average molecular weight is 201 g/mol. The third-order valence-corrected chi connectivity index (χ3v) is 1.43. The molecule has 0 aromatic rings. The van der Waals surface area contributed by atoms with E-state index in [9.17, 15) is 4.79 Å². The summed E-state index contributed by atoms with van der Waals surface area (Å²) in [7, 11) is 0. The van der Waals surface area contributed by atoms with Crippen LogP contribution in [0.2, 0.25) is 0 Å². The minimum absolute atomic E-state index is 0.00643. The van der Waals surface area contributed by atoms with Gasteiger partial charge in [0.2, 0.25) is 0 Å². The van der Waals surface area contributed by atoms with Crippen molar-refractivity contribution < 1.29 is 14.6 Å². The van der Waals surface area contributed by atoms with E-state index in [1.54, 1.807) is 26.8 Å². The van der Waals surface area contributed by atoms with Gasteiger partial charge in [0.1, 0.15) is 5.60 Å². The van der Waals surface area contributed by atoms with E-state index in [0.29, 0.717) is 6.42 Å². The van der Waals surface area contributed by atoms with E-state index >= 15 is 0 Å². The number of hydrogen-bond donors (Lipinski definition) is 2. The van der Waals surface area contributed by atoms with Crippen LogP contribution >= 0.6 is 0 Å². The Morgan fingerprint density at radius 1 is 1.64 bits per heavy atom. The van der Waals surface area contributed by atoms with E-state index in [4.69, 9.17) is 9.84 Å². The highest BCUT2D eigenvalue weighted by molar-refractivity contribution is 5.68. The third-order valence-electron chi connectivity index (χ3n) is 1.43. The van der Waals surface area contributed by atoms with Gasteiger partial charge in [0.25, 0.3) is 0 Å². The summed E-state index contributed by atoms with van der Waals surface area (Å²) in [6.45, 7) is 8.93. The van der Waals surface area contributed by atoms with Crippen molar-refractivity contribution in [2.75, 3.05) is 6.61 Å². The monoisotopic (exact) mass is 201 g/mol. The maximum Gasteiger partial charge on any atom is 0.408 e. The molecule has 0 unspecified atom stereocenters. The highest BCUT2D eigenvalue weighted by atomic mass is 16.6. The zero-order valence-corrected chi connectivity index (χ0v) is 9.04. The summed E-state index contributed by atoms with van der Waals surface area (Å²) in [6, 6.07) is -0.241. The average Bonchev–Trinajstić information content (AvgIpc) is 2.00. The third kappa shape index (κ3) is 6.48. The molecule has 0 saturated carbocycles. The number of aliphatic hydroxyl groups excluding tert-OH is 1. The van der Waals surface area contributed by atoms with Crippen molar-refractivity contribution >= 4 is 6.09 Å². The summed E-state index contributed by atoms with van der Waals surface area (Å²) in [4.78, 5) is 11.2. The fourth-order valence-electron chi connectivity index (χ4n) is 0.847. The molecule has 0 bridgehead atoms. The van der Waals surface area contributed by atoms with Crippen molar-refractivity contribution in [1.82, 2.24) is 5.32 Å². The predicted octanol–water partition coefficient (Wildman–Crippen LogP) is 1.45. The first-order valence-electron chi connectivity index (χ1n) is 4.62. The van der Waals surface area contributed by atoms with Crippen molar-refractivity contribution in [3.63, 3.8) is 0 Å². The molecule has 82 valence electrons. The molecule has 1 atom stereocenters. The molecular formula is C10H19NO3. The fourth-order valence-corrected chi connectivity index (χ4v) is 0.847. The van der Waals surface area contributed by atoms with E-state index in [1.165, 1.54) is 0 Å². The predicted molar refractivity (Wildman–Crippen MR) is 55.1 cm³/mol. The topological polar surface area (TPSA) is 58.6 Å². The molecule has 4 heteroatoms. The number of alkyl carbamates (subject to hydrolysis) is 1. The first-order valence-corrected chi connectivity index (χ1v) is 4.62. The second kappa shape index (κ2) is 5.65. The lowest BCUT2D eigenvalue weighted by atomic mass is 10.2. The Morgan fingerprint density at radius 3 is 2.57 bits per heavy atom. The Hall–Kier alpha value is -1.03. The van der Waals surface area contributed by atoms with Crippen LogP contribution in [0.4, 0.5) is 4.79 Å². The molecule has 0 aliphatic rings. The minimum Gasteiger partial charge on any atom is -0.444 e. The van der Waals surface area contributed by atoms with Gasteiger partial charge in [-0.25, -0.2) is 4.79 Å². The van der Waals surface area contributed by atoms with Gasteiger partial charge >= 0.3 is 6.09 Å². The van der Waals surface area contributed by atoms with E-state index in [-0.39, 0.29) is 12.6 Å². The SMILES string of the molecule is C=C[C@@H](CCO)NC(=O)OC(C)(C)C. The summed E-state index contributed by atoms with van der Waals surface area (Å²) < 4.78 is 5.04. The summed E-state index contributed by atoms with van der Waals surface area (Å²) in [5.41, 5.74) is -0.505. The number of amides is 1. The van der Waals surface area contributed by atoms with E-state index in [0.717, 1.165) is 0 Å². The smallest absolute Gasteiger partial charge is 0.408 e. The molecule has 0 heterocycles. The zero-order valence-electron chi connectivity index (χ0n) is 9.04. The number of hydrogen-bond acceptors (Lipinski definition) is 3. The highest BCUT2D eigenvalue weighted by Gasteiger charge is 2.17. The number of carbonyl (C=O) groups is 1. The number of nitrogens with one attached hydrogen (secondary N) is 1. The standard InChI is InChI=1S/C10H19NO3/c1-5-8(6-7-12)11-9(13)14-10(2,3)4/h5,8,12H,1,6-7H2,2-4H3,(H,11,13)/t8-/m0/s1. The Morgan fingerprint density at radius 2 is 2.21 bits per heavy atom. The number of carbonyl (C=O) groups excluding carboxylic acids is 1. The van der Waals surface area contributed by atoms with Crippen molar-refractivity contribution in [2.45, 2.75) is 38.8 Å². The Balaban J connectivity index is 3.97. The molecule has 14 heavy (non-hydrogen) atoms. The highest BCUT2D eigenvalue weighted by Crippen LogP contribution is 2.07. The number of rotatable bonds is 4. The van der Waals surface area contributed by atoms with Gasteiger partial charge < -0.3 is 15.2 Å². The molecule has 0 aliphatic heterocycles. The fraction of sp³-hybridized carbons (Fsp3) is 0.700. The molecular weight excluding hydrogens is 182 g/mol. The van der Waals surface area contributed by atoms with Gasteiger partial charge in [-0.3, -0.25) is 0 Å². The second-order valence-electron chi connectivity index (χ2n) is 4.00. The molecule has 0 aromatic carbocycles. The molecule has 2 N–H and O–H groups in total. The van der Waals surface area contributed by atoms with Gasteiger partial charge in [-0.2, -0.15) is 0 Å².